The van der Waals surface area contributed by atoms with E-state index in [2.05, 4.69) is 21.0 Å². The number of ether oxygens (including phenoxy) is 1. The lowest BCUT2D eigenvalue weighted by Gasteiger charge is -2.28. The largest absolute Gasteiger partial charge is 0.496 e. The van der Waals surface area contributed by atoms with E-state index in [1.165, 1.54) is 24.2 Å². The van der Waals surface area contributed by atoms with E-state index in [1.807, 2.05) is 12.1 Å². The number of benzene rings is 2. The summed E-state index contributed by atoms with van der Waals surface area (Å²) >= 11 is 0. The summed E-state index contributed by atoms with van der Waals surface area (Å²) in [4.78, 5) is 13.3. The van der Waals surface area contributed by atoms with E-state index in [0.29, 0.717) is 35.4 Å². The van der Waals surface area contributed by atoms with Gasteiger partial charge in [-0.3, -0.25) is 9.89 Å². The van der Waals surface area contributed by atoms with Gasteiger partial charge in [-0.05, 0) is 55.4 Å². The van der Waals surface area contributed by atoms with E-state index < -0.39 is 21.3 Å². The molecule has 0 unspecified atom stereocenters. The van der Waals surface area contributed by atoms with Gasteiger partial charge in [0.1, 0.15) is 5.75 Å². The number of nitrogens with one attached hydrogen (secondary N) is 2. The molecular weight excluding hydrogens is 402 g/mol. The molecule has 1 aromatic heterocycles. The van der Waals surface area contributed by atoms with Crippen LogP contribution >= 0.6 is 0 Å². The van der Waals surface area contributed by atoms with E-state index in [4.69, 9.17) is 4.74 Å². The Hall–Kier alpha value is -2.87. The fraction of sp³-hybridized carbons (Fsp3) is 0.364. The number of nitrogens with zero attached hydrogens (tertiary/aromatic N) is 1. The quantitative estimate of drug-likeness (QED) is 0.631. The van der Waals surface area contributed by atoms with Gasteiger partial charge in [0.2, 0.25) is 5.91 Å². The van der Waals surface area contributed by atoms with Gasteiger partial charge in [-0.15, -0.1) is 0 Å². The average Bonchev–Trinajstić information content (AvgIpc) is 3.36. The van der Waals surface area contributed by atoms with Gasteiger partial charge >= 0.3 is 0 Å². The van der Waals surface area contributed by atoms with Crippen LogP contribution in [0.3, 0.4) is 0 Å². The first kappa shape index (κ1) is 19.1. The predicted molar refractivity (Wildman–Crippen MR) is 112 cm³/mol. The van der Waals surface area contributed by atoms with Crippen LogP contribution in [0.15, 0.2) is 47.5 Å². The van der Waals surface area contributed by atoms with Crippen LogP contribution in [0, 0.1) is 0 Å². The molecule has 7 nitrogen and oxygen atoms in total. The number of H-pyrrole nitrogens is 1. The third-order valence-electron chi connectivity index (χ3n) is 6.46. The smallest absolute Gasteiger partial charge is 0.264 e. The van der Waals surface area contributed by atoms with Crippen molar-refractivity contribution < 1.29 is 17.9 Å². The summed E-state index contributed by atoms with van der Waals surface area (Å²) in [5.74, 6) is 0.628. The first-order valence-electron chi connectivity index (χ1n) is 10.1. The molecule has 0 atom stereocenters. The summed E-state index contributed by atoms with van der Waals surface area (Å²) in [6.07, 6.45) is 6.15. The van der Waals surface area contributed by atoms with Gasteiger partial charge in [0.05, 0.1) is 29.1 Å². The number of sulfonamides is 1. The molecule has 2 aromatic carbocycles. The van der Waals surface area contributed by atoms with Gasteiger partial charge in [-0.2, -0.15) is 5.10 Å². The molecule has 3 aromatic rings. The predicted octanol–water partition coefficient (Wildman–Crippen LogP) is 3.38. The second-order valence-corrected chi connectivity index (χ2v) is 9.84. The summed E-state index contributed by atoms with van der Waals surface area (Å²) in [5.41, 5.74) is 1.70. The standard InChI is InChI=1S/C22H23N3O4S/c1-29-19-9-8-15(14-4-2-5-14)12-17(19)22(10-11-22)21(26)25-30(27,28)20-7-3-6-18-16(20)13-23-24-18/h3,6-9,12-14H,2,4-5,10-11H2,1H3,(H,23,24)(H,25,26). The summed E-state index contributed by atoms with van der Waals surface area (Å²) in [6.45, 7) is 0. The van der Waals surface area contributed by atoms with Crippen molar-refractivity contribution in [3.8, 4) is 5.75 Å². The second kappa shape index (κ2) is 6.84. The number of methoxy groups -OCH3 is 1. The summed E-state index contributed by atoms with van der Waals surface area (Å²) in [7, 11) is -2.47. The van der Waals surface area contributed by atoms with Crippen LogP contribution in [0.25, 0.3) is 10.9 Å². The zero-order chi connectivity index (χ0) is 20.9. The number of aromatic nitrogens is 2. The topological polar surface area (TPSA) is 101 Å². The molecule has 5 rings (SSSR count). The van der Waals surface area contributed by atoms with Crippen molar-refractivity contribution in [1.29, 1.82) is 0 Å². The number of carbonyl (C=O) groups is 1. The maximum Gasteiger partial charge on any atom is 0.264 e. The molecule has 8 heteroatoms. The minimum absolute atomic E-state index is 0.0353. The van der Waals surface area contributed by atoms with Crippen molar-refractivity contribution in [1.82, 2.24) is 14.9 Å². The Bertz CT molecular complexity index is 1240. The van der Waals surface area contributed by atoms with Crippen molar-refractivity contribution in [3.63, 3.8) is 0 Å². The molecule has 0 saturated heterocycles. The second-order valence-electron chi connectivity index (χ2n) is 8.19. The lowest BCUT2D eigenvalue weighted by Crippen LogP contribution is -2.39. The molecule has 0 bridgehead atoms. The average molecular weight is 426 g/mol. The van der Waals surface area contributed by atoms with Crippen LogP contribution in [-0.4, -0.2) is 31.6 Å². The van der Waals surface area contributed by atoms with Crippen LogP contribution < -0.4 is 9.46 Å². The molecule has 0 spiro atoms. The minimum Gasteiger partial charge on any atom is -0.496 e. The molecule has 1 amide bonds. The molecule has 2 saturated carbocycles. The Morgan fingerprint density at radius 3 is 2.70 bits per heavy atom. The van der Waals surface area contributed by atoms with E-state index in [0.717, 1.165) is 18.4 Å². The number of hydrogen-bond acceptors (Lipinski definition) is 5. The van der Waals surface area contributed by atoms with Gasteiger partial charge in [0.15, 0.2) is 0 Å². The van der Waals surface area contributed by atoms with Crippen molar-refractivity contribution in [2.45, 2.75) is 48.3 Å². The van der Waals surface area contributed by atoms with Gasteiger partial charge in [0.25, 0.3) is 10.0 Å². The Labute approximate surface area is 174 Å². The summed E-state index contributed by atoms with van der Waals surface area (Å²) in [5, 5.41) is 7.11. The zero-order valence-corrected chi connectivity index (χ0v) is 17.5. The highest BCUT2D eigenvalue weighted by molar-refractivity contribution is 7.90. The molecule has 2 fully saturated rings. The van der Waals surface area contributed by atoms with Gasteiger partial charge < -0.3 is 4.74 Å². The summed E-state index contributed by atoms with van der Waals surface area (Å²) in [6, 6.07) is 10.8. The molecule has 2 N–H and O–H groups in total. The normalized spacial score (nSPS) is 18.0. The van der Waals surface area contributed by atoms with Crippen LogP contribution in [-0.2, 0) is 20.2 Å². The van der Waals surface area contributed by atoms with E-state index in [9.17, 15) is 13.2 Å². The number of carbonyl (C=O) groups excluding carboxylic acids is 1. The number of rotatable bonds is 6. The van der Waals surface area contributed by atoms with Crippen LogP contribution in [0.5, 0.6) is 5.75 Å². The Morgan fingerprint density at radius 2 is 2.03 bits per heavy atom. The van der Waals surface area contributed by atoms with E-state index in [1.54, 1.807) is 19.2 Å². The van der Waals surface area contributed by atoms with E-state index >= 15 is 0 Å². The highest BCUT2D eigenvalue weighted by Gasteiger charge is 2.54. The number of fused-ring (bicyclic) bond motifs is 1. The third-order valence-corrected chi connectivity index (χ3v) is 7.85. The lowest BCUT2D eigenvalue weighted by molar-refractivity contribution is -0.121. The maximum absolute atomic E-state index is 13.3. The first-order chi connectivity index (χ1) is 14.4. The molecule has 2 aliphatic rings. The van der Waals surface area contributed by atoms with Gasteiger partial charge in [-0.25, -0.2) is 13.1 Å². The fourth-order valence-electron chi connectivity index (χ4n) is 4.29. The molecule has 156 valence electrons. The number of amides is 1. The molecule has 0 aliphatic heterocycles. The Balaban J connectivity index is 1.48. The van der Waals surface area contributed by atoms with Crippen LogP contribution in [0.4, 0.5) is 0 Å². The molecule has 0 radical (unpaired) electrons. The molecule has 1 heterocycles. The molecule has 2 aliphatic carbocycles. The van der Waals surface area contributed by atoms with Gasteiger partial charge in [-0.1, -0.05) is 24.6 Å². The Kier molecular flexibility index (Phi) is 4.36. The third kappa shape index (κ3) is 2.98. The zero-order valence-electron chi connectivity index (χ0n) is 16.6. The maximum atomic E-state index is 13.3. The highest BCUT2D eigenvalue weighted by Crippen LogP contribution is 2.53. The SMILES string of the molecule is COc1ccc(C2CCC2)cc1C1(C(=O)NS(=O)(=O)c2cccc3[nH]ncc23)CC1. The van der Waals surface area contributed by atoms with Crippen molar-refractivity contribution in [3.05, 3.63) is 53.7 Å². The van der Waals surface area contributed by atoms with Gasteiger partial charge in [0, 0.05) is 10.9 Å². The monoisotopic (exact) mass is 425 g/mol. The van der Waals surface area contributed by atoms with Crippen LogP contribution in [0.1, 0.15) is 49.1 Å². The summed E-state index contributed by atoms with van der Waals surface area (Å²) < 4.78 is 33.9. The van der Waals surface area contributed by atoms with Crippen molar-refractivity contribution in [2.24, 2.45) is 0 Å². The minimum atomic E-state index is -4.05. The van der Waals surface area contributed by atoms with E-state index in [-0.39, 0.29) is 4.90 Å². The van der Waals surface area contributed by atoms with Crippen LogP contribution in [0.2, 0.25) is 0 Å². The number of aromatic amines is 1. The number of hydrogen-bond donors (Lipinski definition) is 2. The van der Waals surface area contributed by atoms with Crippen molar-refractivity contribution >= 4 is 26.8 Å². The fourth-order valence-corrected chi connectivity index (χ4v) is 5.55. The lowest BCUT2D eigenvalue weighted by atomic mass is 9.78. The highest BCUT2D eigenvalue weighted by atomic mass is 32.2. The molecular formula is C22H23N3O4S. The first-order valence-corrected chi connectivity index (χ1v) is 11.6. The van der Waals surface area contributed by atoms with Crippen molar-refractivity contribution in [2.75, 3.05) is 7.11 Å². The molecule has 30 heavy (non-hydrogen) atoms. The Morgan fingerprint density at radius 1 is 1.23 bits per heavy atom.